The van der Waals surface area contributed by atoms with E-state index in [-0.39, 0.29) is 11.5 Å². The van der Waals surface area contributed by atoms with Gasteiger partial charge in [-0.1, -0.05) is 19.1 Å². The van der Waals surface area contributed by atoms with Crippen LogP contribution in [0.3, 0.4) is 0 Å². The van der Waals surface area contributed by atoms with Crippen LogP contribution in [0.15, 0.2) is 30.3 Å². The van der Waals surface area contributed by atoms with Crippen LogP contribution < -0.4 is 4.74 Å². The largest absolute Gasteiger partial charge is 0.494 e. The van der Waals surface area contributed by atoms with Crippen molar-refractivity contribution < 1.29 is 23.1 Å². The molecule has 6 heteroatoms. The molecule has 0 aliphatic rings. The van der Waals surface area contributed by atoms with Gasteiger partial charge in [0.25, 0.3) is 0 Å². The Hall–Kier alpha value is -1.82. The molecule has 110 valence electrons. The van der Waals surface area contributed by atoms with Gasteiger partial charge in [-0.25, -0.2) is 13.2 Å². The van der Waals surface area contributed by atoms with Gasteiger partial charge in [-0.05, 0) is 30.2 Å². The Morgan fingerprint density at radius 1 is 1.40 bits per heavy atom. The van der Waals surface area contributed by atoms with Crippen molar-refractivity contribution in [2.24, 2.45) is 0 Å². The van der Waals surface area contributed by atoms with E-state index in [0.717, 1.165) is 6.08 Å². The van der Waals surface area contributed by atoms with Crippen molar-refractivity contribution in [1.82, 2.24) is 0 Å². The maximum atomic E-state index is 11.3. The smallest absolute Gasteiger partial charge is 0.328 e. The molecule has 0 aliphatic carbocycles. The third-order valence-electron chi connectivity index (χ3n) is 2.58. The van der Waals surface area contributed by atoms with Crippen molar-refractivity contribution in [1.29, 1.82) is 0 Å². The van der Waals surface area contributed by atoms with Crippen LogP contribution in [0.1, 0.15) is 18.9 Å². The Bertz CT molecular complexity index is 575. The molecule has 0 aromatic heterocycles. The monoisotopic (exact) mass is 298 g/mol. The first kappa shape index (κ1) is 16.2. The van der Waals surface area contributed by atoms with E-state index in [0.29, 0.717) is 24.3 Å². The predicted molar refractivity (Wildman–Crippen MR) is 77.6 cm³/mol. The number of rotatable bonds is 8. The lowest BCUT2D eigenvalue weighted by molar-refractivity contribution is -0.131. The SMILES string of the molecule is CCS(=O)(=O)CCCOc1cccc(C=CC(=O)O)c1. The number of hydrogen-bond acceptors (Lipinski definition) is 4. The van der Waals surface area contributed by atoms with Crippen LogP contribution in [0, 0.1) is 0 Å². The number of ether oxygens (including phenoxy) is 1. The Labute approximate surface area is 118 Å². The number of carboxylic acids is 1. The molecule has 0 unspecified atom stereocenters. The summed E-state index contributed by atoms with van der Waals surface area (Å²) in [6.07, 6.45) is 2.95. The van der Waals surface area contributed by atoms with Gasteiger partial charge in [0.15, 0.2) is 0 Å². The first-order valence-electron chi connectivity index (χ1n) is 6.27. The van der Waals surface area contributed by atoms with Crippen LogP contribution in [0.4, 0.5) is 0 Å². The van der Waals surface area contributed by atoms with Gasteiger partial charge in [-0.15, -0.1) is 0 Å². The highest BCUT2D eigenvalue weighted by molar-refractivity contribution is 7.91. The lowest BCUT2D eigenvalue weighted by Gasteiger charge is -2.06. The maximum absolute atomic E-state index is 11.3. The quantitative estimate of drug-likeness (QED) is 0.586. The summed E-state index contributed by atoms with van der Waals surface area (Å²) in [5.41, 5.74) is 0.714. The topological polar surface area (TPSA) is 80.7 Å². The molecule has 0 bridgehead atoms. The molecule has 0 spiro atoms. The summed E-state index contributed by atoms with van der Waals surface area (Å²) in [6, 6.07) is 6.95. The lowest BCUT2D eigenvalue weighted by atomic mass is 10.2. The fraction of sp³-hybridized carbons (Fsp3) is 0.357. The molecule has 0 saturated carbocycles. The highest BCUT2D eigenvalue weighted by Crippen LogP contribution is 2.14. The normalized spacial score (nSPS) is 11.7. The zero-order valence-corrected chi connectivity index (χ0v) is 12.1. The number of sulfone groups is 1. The summed E-state index contributed by atoms with van der Waals surface area (Å²) >= 11 is 0. The van der Waals surface area contributed by atoms with Crippen molar-refractivity contribution in [3.63, 3.8) is 0 Å². The van der Waals surface area contributed by atoms with Gasteiger partial charge in [0.2, 0.25) is 0 Å². The standard InChI is InChI=1S/C14H18O5S/c1-2-20(17,18)10-4-9-19-13-6-3-5-12(11-13)7-8-14(15)16/h3,5-8,11H,2,4,9-10H2,1H3,(H,15,16). The van der Waals surface area contributed by atoms with Crippen molar-refractivity contribution in [3.8, 4) is 5.75 Å². The van der Waals surface area contributed by atoms with Gasteiger partial charge in [-0.3, -0.25) is 0 Å². The molecule has 5 nitrogen and oxygen atoms in total. The summed E-state index contributed by atoms with van der Waals surface area (Å²) in [5.74, 6) is -0.169. The zero-order valence-electron chi connectivity index (χ0n) is 11.3. The molecule has 1 aromatic carbocycles. The summed E-state index contributed by atoms with van der Waals surface area (Å²) in [6.45, 7) is 1.93. The highest BCUT2D eigenvalue weighted by Gasteiger charge is 2.06. The molecule has 1 rings (SSSR count). The van der Waals surface area contributed by atoms with Crippen LogP contribution in [0.5, 0.6) is 5.75 Å². The van der Waals surface area contributed by atoms with E-state index < -0.39 is 15.8 Å². The summed E-state index contributed by atoms with van der Waals surface area (Å²) in [5, 5.41) is 8.54. The van der Waals surface area contributed by atoms with Crippen molar-refractivity contribution in [3.05, 3.63) is 35.9 Å². The summed E-state index contributed by atoms with van der Waals surface area (Å²) in [7, 11) is -2.96. The third-order valence-corrected chi connectivity index (χ3v) is 4.38. The van der Waals surface area contributed by atoms with Gasteiger partial charge in [0.1, 0.15) is 15.6 Å². The molecule has 0 heterocycles. The first-order chi connectivity index (χ1) is 9.43. The fourth-order valence-electron chi connectivity index (χ4n) is 1.49. The van der Waals surface area contributed by atoms with Crippen LogP contribution >= 0.6 is 0 Å². The van der Waals surface area contributed by atoms with Gasteiger partial charge in [0.05, 0.1) is 12.4 Å². The number of hydrogen-bond donors (Lipinski definition) is 1. The number of carboxylic acid groups (broad SMARTS) is 1. The van der Waals surface area contributed by atoms with Crippen LogP contribution in [-0.4, -0.2) is 37.6 Å². The van der Waals surface area contributed by atoms with Gasteiger partial charge < -0.3 is 9.84 Å². The van der Waals surface area contributed by atoms with Gasteiger partial charge in [0, 0.05) is 11.8 Å². The molecule has 0 atom stereocenters. The number of benzene rings is 1. The summed E-state index contributed by atoms with van der Waals surface area (Å²) in [4.78, 5) is 10.4. The molecule has 0 radical (unpaired) electrons. The first-order valence-corrected chi connectivity index (χ1v) is 8.09. The zero-order chi connectivity index (χ0) is 15.0. The number of aliphatic carboxylic acids is 1. The van der Waals surface area contributed by atoms with Crippen molar-refractivity contribution in [2.75, 3.05) is 18.1 Å². The molecule has 1 N–H and O–H groups in total. The minimum atomic E-state index is -2.96. The van der Waals surface area contributed by atoms with E-state index in [2.05, 4.69) is 0 Å². The van der Waals surface area contributed by atoms with Gasteiger partial charge in [-0.2, -0.15) is 0 Å². The molecular formula is C14H18O5S. The predicted octanol–water partition coefficient (Wildman–Crippen LogP) is 1.99. The molecule has 0 amide bonds. The second kappa shape index (κ2) is 7.69. The third kappa shape index (κ3) is 6.38. The molecule has 0 fully saturated rings. The van der Waals surface area contributed by atoms with Crippen LogP contribution in [-0.2, 0) is 14.6 Å². The Kier molecular flexibility index (Phi) is 6.24. The van der Waals surface area contributed by atoms with Crippen LogP contribution in [0.25, 0.3) is 6.08 Å². The maximum Gasteiger partial charge on any atom is 0.328 e. The van der Waals surface area contributed by atoms with Crippen molar-refractivity contribution >= 4 is 21.9 Å². The minimum Gasteiger partial charge on any atom is -0.494 e. The minimum absolute atomic E-state index is 0.113. The van der Waals surface area contributed by atoms with E-state index in [9.17, 15) is 13.2 Å². The average Bonchev–Trinajstić information content (AvgIpc) is 2.42. The lowest BCUT2D eigenvalue weighted by Crippen LogP contribution is -2.11. The molecule has 0 aliphatic heterocycles. The number of carbonyl (C=O) groups is 1. The van der Waals surface area contributed by atoms with Crippen LogP contribution in [0.2, 0.25) is 0 Å². The van der Waals surface area contributed by atoms with E-state index in [4.69, 9.17) is 9.84 Å². The Morgan fingerprint density at radius 3 is 2.80 bits per heavy atom. The highest BCUT2D eigenvalue weighted by atomic mass is 32.2. The van der Waals surface area contributed by atoms with Crippen molar-refractivity contribution in [2.45, 2.75) is 13.3 Å². The molecule has 1 aromatic rings. The second-order valence-corrected chi connectivity index (χ2v) is 6.66. The Morgan fingerprint density at radius 2 is 2.15 bits per heavy atom. The van der Waals surface area contributed by atoms with E-state index in [1.807, 2.05) is 0 Å². The van der Waals surface area contributed by atoms with E-state index >= 15 is 0 Å². The molecule has 20 heavy (non-hydrogen) atoms. The Balaban J connectivity index is 2.49. The molecular weight excluding hydrogens is 280 g/mol. The van der Waals surface area contributed by atoms with E-state index in [1.54, 1.807) is 31.2 Å². The molecule has 0 saturated heterocycles. The van der Waals surface area contributed by atoms with E-state index in [1.165, 1.54) is 6.08 Å². The van der Waals surface area contributed by atoms with Gasteiger partial charge >= 0.3 is 5.97 Å². The summed E-state index contributed by atoms with van der Waals surface area (Å²) < 4.78 is 28.0. The average molecular weight is 298 g/mol. The fourth-order valence-corrected chi connectivity index (χ4v) is 2.34. The second-order valence-electron chi connectivity index (χ2n) is 4.18.